The highest BCUT2D eigenvalue weighted by Gasteiger charge is 2.16. The van der Waals surface area contributed by atoms with Gasteiger partial charge in [0.25, 0.3) is 0 Å². The molecule has 1 amide bonds. The van der Waals surface area contributed by atoms with E-state index in [-0.39, 0.29) is 11.9 Å². The summed E-state index contributed by atoms with van der Waals surface area (Å²) in [7, 11) is 1.49. The van der Waals surface area contributed by atoms with Crippen LogP contribution in [0.3, 0.4) is 0 Å². The molecule has 0 aliphatic rings. The maximum atomic E-state index is 11.6. The van der Waals surface area contributed by atoms with Gasteiger partial charge in [-0.15, -0.1) is 0 Å². The second-order valence-electron chi connectivity index (χ2n) is 4.04. The molecule has 1 aromatic rings. The molecule has 106 valence electrons. The quantitative estimate of drug-likeness (QED) is 0.805. The first-order valence-corrected chi connectivity index (χ1v) is 6.44. The number of carbonyl (C=O) groups excluding carboxylic acids is 1. The van der Waals surface area contributed by atoms with Gasteiger partial charge in [-0.1, -0.05) is 13.8 Å². The van der Waals surface area contributed by atoms with Gasteiger partial charge in [-0.2, -0.15) is 15.0 Å². The first-order chi connectivity index (χ1) is 9.12. The number of nitrogens with zero attached hydrogens (tertiary/aromatic N) is 4. The van der Waals surface area contributed by atoms with Gasteiger partial charge >= 0.3 is 6.01 Å². The fraction of sp³-hybridized carbons (Fsp3) is 0.667. The van der Waals surface area contributed by atoms with Crippen molar-refractivity contribution >= 4 is 17.8 Å². The van der Waals surface area contributed by atoms with Crippen LogP contribution in [0.15, 0.2) is 0 Å². The molecule has 0 unspecified atom stereocenters. The Balaban J connectivity index is 3.06. The third-order valence-electron chi connectivity index (χ3n) is 2.39. The number of methoxy groups -OCH3 is 1. The lowest BCUT2D eigenvalue weighted by Crippen LogP contribution is -2.31. The van der Waals surface area contributed by atoms with Crippen molar-refractivity contribution in [1.82, 2.24) is 15.0 Å². The van der Waals surface area contributed by atoms with Gasteiger partial charge in [-0.3, -0.25) is 9.69 Å². The van der Waals surface area contributed by atoms with E-state index in [0.717, 1.165) is 19.4 Å². The van der Waals surface area contributed by atoms with Crippen molar-refractivity contribution in [3.8, 4) is 6.01 Å². The average molecular weight is 267 g/mol. The SMILES string of the molecule is CCCNc1nc(OC)nc(N(CCC)C(C)=O)n1. The standard InChI is InChI=1S/C12H21N5O2/c1-5-7-13-10-14-11(16-12(15-10)19-4)17(8-6-2)9(3)18/h5-8H2,1-4H3,(H,13,14,15,16). The van der Waals surface area contributed by atoms with Gasteiger partial charge in [0.05, 0.1) is 7.11 Å². The molecular formula is C12H21N5O2. The Morgan fingerprint density at radius 2 is 2.00 bits per heavy atom. The lowest BCUT2D eigenvalue weighted by molar-refractivity contribution is -0.116. The van der Waals surface area contributed by atoms with Gasteiger partial charge in [0.15, 0.2) is 0 Å². The molecule has 1 N–H and O–H groups in total. The van der Waals surface area contributed by atoms with Gasteiger partial charge in [0.1, 0.15) is 0 Å². The van der Waals surface area contributed by atoms with E-state index in [0.29, 0.717) is 18.4 Å². The molecule has 0 atom stereocenters. The number of hydrogen-bond donors (Lipinski definition) is 1. The topological polar surface area (TPSA) is 80.2 Å². The molecule has 0 saturated heterocycles. The fourth-order valence-corrected chi connectivity index (χ4v) is 1.50. The van der Waals surface area contributed by atoms with Crippen LogP contribution in [0.5, 0.6) is 6.01 Å². The van der Waals surface area contributed by atoms with E-state index < -0.39 is 0 Å². The van der Waals surface area contributed by atoms with Gasteiger partial charge in [-0.25, -0.2) is 0 Å². The smallest absolute Gasteiger partial charge is 0.322 e. The van der Waals surface area contributed by atoms with E-state index in [1.165, 1.54) is 18.9 Å². The second kappa shape index (κ2) is 7.50. The lowest BCUT2D eigenvalue weighted by Gasteiger charge is -2.18. The number of rotatable bonds is 7. The monoisotopic (exact) mass is 267 g/mol. The highest BCUT2D eigenvalue weighted by atomic mass is 16.5. The zero-order chi connectivity index (χ0) is 14.3. The summed E-state index contributed by atoms with van der Waals surface area (Å²) in [5, 5.41) is 3.07. The molecule has 0 aliphatic heterocycles. The van der Waals surface area contributed by atoms with E-state index in [1.807, 2.05) is 13.8 Å². The highest BCUT2D eigenvalue weighted by Crippen LogP contribution is 2.15. The minimum absolute atomic E-state index is 0.100. The fourth-order valence-electron chi connectivity index (χ4n) is 1.50. The Morgan fingerprint density at radius 3 is 2.53 bits per heavy atom. The highest BCUT2D eigenvalue weighted by molar-refractivity contribution is 5.89. The molecule has 0 spiro atoms. The van der Waals surface area contributed by atoms with Crippen LogP contribution in [0.2, 0.25) is 0 Å². The third-order valence-corrected chi connectivity index (χ3v) is 2.39. The van der Waals surface area contributed by atoms with Crippen LogP contribution >= 0.6 is 0 Å². The molecule has 19 heavy (non-hydrogen) atoms. The molecular weight excluding hydrogens is 246 g/mol. The summed E-state index contributed by atoms with van der Waals surface area (Å²) in [6.07, 6.45) is 1.78. The summed E-state index contributed by atoms with van der Waals surface area (Å²) in [5.41, 5.74) is 0. The minimum atomic E-state index is -0.100. The van der Waals surface area contributed by atoms with Crippen LogP contribution in [0.25, 0.3) is 0 Å². The van der Waals surface area contributed by atoms with E-state index in [1.54, 1.807) is 0 Å². The number of carbonyl (C=O) groups is 1. The van der Waals surface area contributed by atoms with E-state index in [9.17, 15) is 4.79 Å². The Hall–Kier alpha value is -1.92. The molecule has 0 saturated carbocycles. The first-order valence-electron chi connectivity index (χ1n) is 6.44. The summed E-state index contributed by atoms with van der Waals surface area (Å²) < 4.78 is 5.04. The maximum Gasteiger partial charge on any atom is 0.322 e. The van der Waals surface area contributed by atoms with Crippen molar-refractivity contribution in [1.29, 1.82) is 0 Å². The molecule has 1 heterocycles. The van der Waals surface area contributed by atoms with E-state index in [2.05, 4.69) is 20.3 Å². The summed E-state index contributed by atoms with van der Waals surface area (Å²) >= 11 is 0. The summed E-state index contributed by atoms with van der Waals surface area (Å²) in [6, 6.07) is 0.200. The molecule has 0 aliphatic carbocycles. The van der Waals surface area contributed by atoms with Crippen molar-refractivity contribution in [2.45, 2.75) is 33.6 Å². The van der Waals surface area contributed by atoms with Crippen molar-refractivity contribution < 1.29 is 9.53 Å². The average Bonchev–Trinajstić information content (AvgIpc) is 2.41. The zero-order valence-electron chi connectivity index (χ0n) is 11.9. The Labute approximate surface area is 113 Å². The molecule has 0 bridgehead atoms. The summed E-state index contributed by atoms with van der Waals surface area (Å²) in [5.74, 6) is 0.641. The van der Waals surface area contributed by atoms with Crippen LogP contribution in [0, 0.1) is 0 Å². The predicted octanol–water partition coefficient (Wildman–Crippen LogP) is 1.46. The van der Waals surface area contributed by atoms with Crippen LogP contribution in [-0.2, 0) is 4.79 Å². The van der Waals surface area contributed by atoms with Crippen molar-refractivity contribution in [2.75, 3.05) is 30.4 Å². The number of hydrogen-bond acceptors (Lipinski definition) is 6. The molecule has 0 fully saturated rings. The second-order valence-corrected chi connectivity index (χ2v) is 4.04. The van der Waals surface area contributed by atoms with Crippen molar-refractivity contribution in [3.05, 3.63) is 0 Å². The van der Waals surface area contributed by atoms with Gasteiger partial charge in [0, 0.05) is 20.0 Å². The van der Waals surface area contributed by atoms with Crippen LogP contribution < -0.4 is 15.0 Å². The van der Waals surface area contributed by atoms with Gasteiger partial charge in [0.2, 0.25) is 17.8 Å². The number of nitrogens with one attached hydrogen (secondary N) is 1. The zero-order valence-corrected chi connectivity index (χ0v) is 11.9. The molecule has 0 aromatic carbocycles. The third kappa shape index (κ3) is 4.35. The number of aromatic nitrogens is 3. The Morgan fingerprint density at radius 1 is 1.26 bits per heavy atom. The maximum absolute atomic E-state index is 11.6. The van der Waals surface area contributed by atoms with Crippen LogP contribution in [0.4, 0.5) is 11.9 Å². The molecule has 1 aromatic heterocycles. The number of amides is 1. The molecule has 0 radical (unpaired) electrons. The predicted molar refractivity (Wildman–Crippen MR) is 73.5 cm³/mol. The normalized spacial score (nSPS) is 10.1. The number of ether oxygens (including phenoxy) is 1. The number of anilines is 2. The minimum Gasteiger partial charge on any atom is -0.467 e. The summed E-state index contributed by atoms with van der Waals surface area (Å²) in [4.78, 5) is 25.6. The van der Waals surface area contributed by atoms with Crippen LogP contribution in [-0.4, -0.2) is 41.1 Å². The first kappa shape index (κ1) is 15.1. The Kier molecular flexibility index (Phi) is 5.98. The van der Waals surface area contributed by atoms with Crippen LogP contribution in [0.1, 0.15) is 33.6 Å². The Bertz CT molecular complexity index is 425. The largest absolute Gasteiger partial charge is 0.467 e. The van der Waals surface area contributed by atoms with Gasteiger partial charge < -0.3 is 10.1 Å². The van der Waals surface area contributed by atoms with E-state index in [4.69, 9.17) is 4.74 Å². The van der Waals surface area contributed by atoms with Crippen molar-refractivity contribution in [3.63, 3.8) is 0 Å². The van der Waals surface area contributed by atoms with Gasteiger partial charge in [-0.05, 0) is 12.8 Å². The molecule has 7 heteroatoms. The van der Waals surface area contributed by atoms with Crippen molar-refractivity contribution in [2.24, 2.45) is 0 Å². The van der Waals surface area contributed by atoms with E-state index >= 15 is 0 Å². The lowest BCUT2D eigenvalue weighted by atomic mass is 10.4. The summed E-state index contributed by atoms with van der Waals surface area (Å²) in [6.45, 7) is 6.84. The molecule has 1 rings (SSSR count). The molecule has 7 nitrogen and oxygen atoms in total.